The molecule has 1 fully saturated rings. The van der Waals surface area contributed by atoms with Crippen molar-refractivity contribution in [2.45, 2.75) is 31.5 Å². The van der Waals surface area contributed by atoms with Crippen molar-refractivity contribution in [3.8, 4) is 17.5 Å². The maximum absolute atomic E-state index is 12.7. The average Bonchev–Trinajstić information content (AvgIpc) is 2.78. The number of aliphatic imine (C=N–C) groups is 1. The van der Waals surface area contributed by atoms with E-state index in [9.17, 15) is 18.0 Å². The molecule has 0 saturated carbocycles. The maximum Gasteiger partial charge on any atom is 0.422 e. The lowest BCUT2D eigenvalue weighted by Crippen LogP contribution is -2.51. The topological polar surface area (TPSA) is 88.9 Å². The smallest absolute Gasteiger partial charge is 0.422 e. The number of alkyl halides is 3. The van der Waals surface area contributed by atoms with Gasteiger partial charge in [-0.1, -0.05) is 11.6 Å². The summed E-state index contributed by atoms with van der Waals surface area (Å²) in [6.07, 6.45) is -1.57. The number of likely N-dealkylation sites (N-methyl/N-ethyl adjacent to an activating group) is 1. The summed E-state index contributed by atoms with van der Waals surface area (Å²) >= 11 is 7.71. The molecule has 0 aliphatic carbocycles. The van der Waals surface area contributed by atoms with Crippen molar-refractivity contribution in [1.29, 1.82) is 0 Å². The number of hydrogen-bond acceptors (Lipinski definition) is 8. The molecule has 2 aromatic rings. The molecule has 1 N–H and O–H groups in total. The Morgan fingerprint density at radius 1 is 1.37 bits per heavy atom. The average molecular weight is 532 g/mol. The summed E-state index contributed by atoms with van der Waals surface area (Å²) in [5.41, 5.74) is 0.138. The fourth-order valence-electron chi connectivity index (χ4n) is 3.35. The molecule has 2 aromatic heterocycles. The van der Waals surface area contributed by atoms with E-state index in [2.05, 4.69) is 27.0 Å². The van der Waals surface area contributed by atoms with Crippen LogP contribution in [-0.2, 0) is 4.79 Å². The summed E-state index contributed by atoms with van der Waals surface area (Å²) in [6, 6.07) is 4.17. The zero-order valence-electron chi connectivity index (χ0n) is 19.2. The van der Waals surface area contributed by atoms with Crippen molar-refractivity contribution in [2.24, 2.45) is 4.99 Å². The van der Waals surface area contributed by atoms with Gasteiger partial charge < -0.3 is 19.7 Å². The minimum absolute atomic E-state index is 0.000838. The Morgan fingerprint density at radius 3 is 2.74 bits per heavy atom. The van der Waals surface area contributed by atoms with Gasteiger partial charge in [0.05, 0.1) is 11.6 Å². The van der Waals surface area contributed by atoms with Crippen LogP contribution < -0.4 is 19.7 Å². The highest BCUT2D eigenvalue weighted by Crippen LogP contribution is 2.35. The van der Waals surface area contributed by atoms with Gasteiger partial charge >= 0.3 is 6.18 Å². The van der Waals surface area contributed by atoms with E-state index >= 15 is 0 Å². The Labute approximate surface area is 210 Å². The first-order valence-corrected chi connectivity index (χ1v) is 12.1. The lowest BCUT2D eigenvalue weighted by molar-refractivity contribution is -0.153. The normalized spacial score (nSPS) is 15.3. The summed E-state index contributed by atoms with van der Waals surface area (Å²) in [5, 5.41) is 3.17. The number of anilines is 1. The lowest BCUT2D eigenvalue weighted by atomic mass is 9.95. The minimum atomic E-state index is -4.56. The molecule has 1 saturated heterocycles. The van der Waals surface area contributed by atoms with Gasteiger partial charge in [-0.05, 0) is 44.1 Å². The van der Waals surface area contributed by atoms with E-state index < -0.39 is 12.8 Å². The number of aromatic nitrogens is 2. The number of nitrogens with one attached hydrogen (secondary N) is 1. The summed E-state index contributed by atoms with van der Waals surface area (Å²) in [5.74, 6) is 1.56. The van der Waals surface area contributed by atoms with Crippen LogP contribution in [0.1, 0.15) is 19.8 Å². The van der Waals surface area contributed by atoms with E-state index in [1.165, 1.54) is 12.3 Å². The number of nitrogens with zero attached hydrogens (tertiary/aromatic N) is 4. The molecule has 190 valence electrons. The molecule has 1 aliphatic heterocycles. The molecule has 13 heteroatoms. The standard InChI is InChI=1S/C22H25ClF3N5O3S/c1-21(6-8-35-9-7-21)30-17(32)12-31(3)19-15(27-2)4-5-18(29-19)34-20-16(10-14(23)11-28-20)33-13-22(24,25)26/h4-5,10-11H,2,6-9,12-13H2,1,3H3,(H,30,32). The molecule has 35 heavy (non-hydrogen) atoms. The minimum Gasteiger partial charge on any atom is -0.478 e. The van der Waals surface area contributed by atoms with Crippen molar-refractivity contribution in [2.75, 3.05) is 36.6 Å². The van der Waals surface area contributed by atoms with Gasteiger partial charge in [-0.3, -0.25) is 9.79 Å². The fraction of sp³-hybridized carbons (Fsp3) is 0.455. The Bertz CT molecular complexity index is 1070. The van der Waals surface area contributed by atoms with E-state index in [-0.39, 0.29) is 40.5 Å². The molecule has 0 radical (unpaired) electrons. The highest BCUT2D eigenvalue weighted by Gasteiger charge is 2.30. The van der Waals surface area contributed by atoms with Crippen LogP contribution in [0.3, 0.4) is 0 Å². The van der Waals surface area contributed by atoms with Gasteiger partial charge in [0.15, 0.2) is 18.2 Å². The first-order valence-electron chi connectivity index (χ1n) is 10.6. The monoisotopic (exact) mass is 531 g/mol. The van der Waals surface area contributed by atoms with Gasteiger partial charge in [0.1, 0.15) is 5.69 Å². The van der Waals surface area contributed by atoms with E-state index in [4.69, 9.17) is 21.1 Å². The van der Waals surface area contributed by atoms with Crippen molar-refractivity contribution >= 4 is 47.5 Å². The molecule has 0 unspecified atom stereocenters. The number of amides is 1. The highest BCUT2D eigenvalue weighted by atomic mass is 35.5. The Kier molecular flexibility index (Phi) is 8.70. The maximum atomic E-state index is 12.7. The van der Waals surface area contributed by atoms with Crippen LogP contribution in [-0.4, -0.2) is 66.0 Å². The Hall–Kier alpha value is -2.73. The van der Waals surface area contributed by atoms with Crippen LogP contribution in [0.15, 0.2) is 29.4 Å². The number of thioether (sulfide) groups is 1. The van der Waals surface area contributed by atoms with E-state index in [1.807, 2.05) is 18.7 Å². The van der Waals surface area contributed by atoms with E-state index in [1.54, 1.807) is 18.0 Å². The van der Waals surface area contributed by atoms with Crippen LogP contribution >= 0.6 is 23.4 Å². The third kappa shape index (κ3) is 7.89. The molecular formula is C22H25ClF3N5O3S. The van der Waals surface area contributed by atoms with Crippen LogP contribution in [0.2, 0.25) is 5.02 Å². The summed E-state index contributed by atoms with van der Waals surface area (Å²) < 4.78 is 48.2. The quantitative estimate of drug-likeness (QED) is 0.454. The summed E-state index contributed by atoms with van der Waals surface area (Å²) in [6.45, 7) is 4.02. The number of ether oxygens (including phenoxy) is 2. The molecule has 1 amide bonds. The highest BCUT2D eigenvalue weighted by molar-refractivity contribution is 7.99. The molecule has 0 bridgehead atoms. The van der Waals surface area contributed by atoms with Crippen molar-refractivity contribution in [3.05, 3.63) is 29.4 Å². The van der Waals surface area contributed by atoms with Gasteiger partial charge in [0.25, 0.3) is 5.88 Å². The second-order valence-corrected chi connectivity index (χ2v) is 9.85. The number of carbonyl (C=O) groups excluding carboxylic acids is 1. The predicted octanol–water partition coefficient (Wildman–Crippen LogP) is 5.03. The van der Waals surface area contributed by atoms with Gasteiger partial charge in [0, 0.05) is 30.9 Å². The largest absolute Gasteiger partial charge is 0.478 e. The third-order valence-corrected chi connectivity index (χ3v) is 6.35. The predicted molar refractivity (Wildman–Crippen MR) is 131 cm³/mol. The second kappa shape index (κ2) is 11.3. The van der Waals surface area contributed by atoms with E-state index in [0.717, 1.165) is 30.4 Å². The zero-order valence-corrected chi connectivity index (χ0v) is 20.8. The number of rotatable bonds is 9. The van der Waals surface area contributed by atoms with Gasteiger partial charge in [-0.15, -0.1) is 0 Å². The lowest BCUT2D eigenvalue weighted by Gasteiger charge is -2.35. The molecule has 3 rings (SSSR count). The zero-order chi connectivity index (χ0) is 25.6. The Balaban J connectivity index is 1.76. The fourth-order valence-corrected chi connectivity index (χ4v) is 4.89. The van der Waals surface area contributed by atoms with Gasteiger partial charge in [-0.25, -0.2) is 4.98 Å². The second-order valence-electron chi connectivity index (χ2n) is 8.19. The number of halogens is 4. The van der Waals surface area contributed by atoms with Crippen molar-refractivity contribution in [1.82, 2.24) is 15.3 Å². The molecule has 8 nitrogen and oxygen atoms in total. The molecular weight excluding hydrogens is 507 g/mol. The number of hydrogen-bond donors (Lipinski definition) is 1. The van der Waals surface area contributed by atoms with Crippen molar-refractivity contribution < 1.29 is 27.4 Å². The molecule has 1 aliphatic rings. The third-order valence-electron chi connectivity index (χ3n) is 5.16. The molecule has 0 spiro atoms. The number of carbonyl (C=O) groups is 1. The summed E-state index contributed by atoms with van der Waals surface area (Å²) in [7, 11) is 1.66. The Morgan fingerprint density at radius 2 is 2.09 bits per heavy atom. The van der Waals surface area contributed by atoms with Crippen LogP contribution in [0.25, 0.3) is 0 Å². The number of pyridine rings is 2. The first-order chi connectivity index (χ1) is 16.5. The molecule has 3 heterocycles. The van der Waals surface area contributed by atoms with E-state index in [0.29, 0.717) is 11.5 Å². The van der Waals surface area contributed by atoms with Crippen LogP contribution in [0, 0.1) is 0 Å². The van der Waals surface area contributed by atoms with Crippen molar-refractivity contribution in [3.63, 3.8) is 0 Å². The van der Waals surface area contributed by atoms with Gasteiger partial charge in [0.2, 0.25) is 11.8 Å². The van der Waals surface area contributed by atoms with Gasteiger partial charge in [-0.2, -0.15) is 29.9 Å². The summed E-state index contributed by atoms with van der Waals surface area (Å²) in [4.78, 5) is 26.5. The SMILES string of the molecule is C=Nc1ccc(Oc2ncc(Cl)cc2OCC(F)(F)F)nc1N(C)CC(=O)NC1(C)CCSCC1. The van der Waals surface area contributed by atoms with Crippen LogP contribution in [0.4, 0.5) is 24.7 Å². The molecule has 0 aromatic carbocycles. The molecule has 0 atom stereocenters. The van der Waals surface area contributed by atoms with Crippen LogP contribution in [0.5, 0.6) is 17.5 Å². The first kappa shape index (κ1) is 26.9.